The van der Waals surface area contributed by atoms with Crippen LogP contribution in [0.1, 0.15) is 30.9 Å². The third-order valence-electron chi connectivity index (χ3n) is 6.72. The van der Waals surface area contributed by atoms with Gasteiger partial charge < -0.3 is 14.8 Å². The molecule has 0 aliphatic carbocycles. The van der Waals surface area contributed by atoms with E-state index >= 15 is 0 Å². The molecule has 3 amide bonds. The Morgan fingerprint density at radius 3 is 2.27 bits per heavy atom. The number of carboxylic acid groups (broad SMARTS) is 1. The number of likely N-dealkylation sites (tertiary alicyclic amines) is 1. The van der Waals surface area contributed by atoms with E-state index in [1.54, 1.807) is 31.2 Å². The summed E-state index contributed by atoms with van der Waals surface area (Å²) in [6.45, 7) is 4.64. The summed E-state index contributed by atoms with van der Waals surface area (Å²) < 4.78 is 27.5. The molecule has 2 aliphatic rings. The minimum Gasteiger partial charge on any atom is -0.463 e. The molecule has 37 heavy (non-hydrogen) atoms. The third-order valence-corrected chi connectivity index (χ3v) is 8.06. The highest BCUT2D eigenvalue weighted by atomic mass is 32.2. The number of hydrogen-bond acceptors (Lipinski definition) is 7. The molecule has 2 N–H and O–H groups in total. The predicted octanol–water partition coefficient (Wildman–Crippen LogP) is 2.78. The van der Waals surface area contributed by atoms with Crippen molar-refractivity contribution >= 4 is 22.1 Å². The molecule has 0 radical (unpaired) electrons. The highest BCUT2D eigenvalue weighted by molar-refractivity contribution is 7.90. The van der Waals surface area contributed by atoms with Gasteiger partial charge in [-0.25, -0.2) is 22.7 Å². The normalized spacial score (nSPS) is 20.1. The third kappa shape index (κ3) is 5.95. The number of fused-ring (bicyclic) bond motifs is 2. The first-order valence-electron chi connectivity index (χ1n) is 11.9. The molecule has 12 heteroatoms. The molecule has 2 saturated heterocycles. The van der Waals surface area contributed by atoms with Crippen LogP contribution in [-0.2, 0) is 10.0 Å². The lowest BCUT2D eigenvalue weighted by molar-refractivity contribution is -0.0770. The summed E-state index contributed by atoms with van der Waals surface area (Å²) >= 11 is 0. The van der Waals surface area contributed by atoms with E-state index in [1.165, 1.54) is 29.2 Å². The van der Waals surface area contributed by atoms with Crippen LogP contribution in [0.25, 0.3) is 0 Å². The Hall–Kier alpha value is -3.82. The van der Waals surface area contributed by atoms with Crippen LogP contribution in [0, 0.1) is 18.3 Å². The second kappa shape index (κ2) is 10.7. The number of rotatable bonds is 7. The fourth-order valence-corrected chi connectivity index (χ4v) is 5.78. The van der Waals surface area contributed by atoms with E-state index in [1.807, 2.05) is 13.0 Å². The maximum atomic E-state index is 12.8. The van der Waals surface area contributed by atoms with E-state index in [-0.39, 0.29) is 17.0 Å². The molecule has 2 bridgehead atoms. The summed E-state index contributed by atoms with van der Waals surface area (Å²) in [5.74, 6) is 0.299. The second-order valence-electron chi connectivity index (χ2n) is 9.40. The summed E-state index contributed by atoms with van der Waals surface area (Å²) in [7, 11) is -3.99. The van der Waals surface area contributed by atoms with Gasteiger partial charge in [0.05, 0.1) is 22.6 Å². The highest BCUT2D eigenvalue weighted by Crippen LogP contribution is 2.31. The first-order chi connectivity index (χ1) is 17.6. The second-order valence-corrected chi connectivity index (χ2v) is 11.1. The van der Waals surface area contributed by atoms with Gasteiger partial charge in [0, 0.05) is 31.7 Å². The quantitative estimate of drug-likeness (QED) is 0.523. The summed E-state index contributed by atoms with van der Waals surface area (Å²) in [5.41, 5.74) is 1.35. The number of carbonyl (C=O) groups is 2. The Bertz CT molecular complexity index is 1280. The summed E-state index contributed by atoms with van der Waals surface area (Å²) in [6.07, 6.45) is 0.383. The van der Waals surface area contributed by atoms with Crippen molar-refractivity contribution in [1.82, 2.24) is 19.6 Å². The van der Waals surface area contributed by atoms with Crippen molar-refractivity contribution in [3.05, 3.63) is 59.7 Å². The smallest absolute Gasteiger partial charge is 0.441 e. The minimum absolute atomic E-state index is 0.0258. The van der Waals surface area contributed by atoms with E-state index in [9.17, 15) is 23.1 Å². The number of urea groups is 1. The van der Waals surface area contributed by atoms with Crippen molar-refractivity contribution in [3.63, 3.8) is 0 Å². The zero-order valence-electron chi connectivity index (χ0n) is 20.6. The van der Waals surface area contributed by atoms with E-state index in [0.717, 1.165) is 23.5 Å². The van der Waals surface area contributed by atoms with Gasteiger partial charge in [0.25, 0.3) is 10.0 Å². The predicted molar refractivity (Wildman–Crippen MR) is 133 cm³/mol. The number of hydroxylamine groups is 2. The maximum absolute atomic E-state index is 12.8. The topological polar surface area (TPSA) is 143 Å². The number of benzene rings is 2. The van der Waals surface area contributed by atoms with Crippen LogP contribution in [0.3, 0.4) is 0 Å². The number of sulfonamides is 1. The zero-order valence-corrected chi connectivity index (χ0v) is 21.4. The number of nitrogens with one attached hydrogen (secondary N) is 1. The SMILES string of the molecule is Cc1ccc(S(=O)(=O)NC(=O)N2CC3CCC(C2)N3CC(C)N(Oc2ccc(C#N)cc2)C(=O)O)cc1. The summed E-state index contributed by atoms with van der Waals surface area (Å²) in [6, 6.07) is 13.2. The van der Waals surface area contributed by atoms with Crippen molar-refractivity contribution in [2.45, 2.75) is 49.7 Å². The highest BCUT2D eigenvalue weighted by Gasteiger charge is 2.43. The van der Waals surface area contributed by atoms with E-state index in [2.05, 4.69) is 9.62 Å². The molecule has 2 heterocycles. The van der Waals surface area contributed by atoms with Crippen LogP contribution in [0.15, 0.2) is 53.4 Å². The van der Waals surface area contributed by atoms with Crippen LogP contribution in [0.5, 0.6) is 5.75 Å². The molecule has 3 unspecified atom stereocenters. The standard InChI is InChI=1S/C25H29N5O6S/c1-17-3-11-23(12-4-17)37(34,35)27-24(31)28-15-20-7-8-21(16-28)29(20)14-18(2)30(25(32)33)36-22-9-5-19(13-26)6-10-22/h3-6,9-12,18,20-21H,7-8,14-16H2,1-2H3,(H,27,31)(H,32,33). The largest absolute Gasteiger partial charge is 0.463 e. The molecule has 11 nitrogen and oxygen atoms in total. The molecule has 2 aromatic carbocycles. The molecular formula is C25H29N5O6S. The van der Waals surface area contributed by atoms with Crippen molar-refractivity contribution in [1.29, 1.82) is 5.26 Å². The lowest BCUT2D eigenvalue weighted by atomic mass is 10.1. The zero-order chi connectivity index (χ0) is 26.7. The van der Waals surface area contributed by atoms with Gasteiger partial charge in [0.1, 0.15) is 0 Å². The molecular weight excluding hydrogens is 498 g/mol. The lowest BCUT2D eigenvalue weighted by Gasteiger charge is -2.42. The number of nitriles is 1. The van der Waals surface area contributed by atoms with Crippen molar-refractivity contribution in [2.75, 3.05) is 19.6 Å². The monoisotopic (exact) mass is 527 g/mol. The van der Waals surface area contributed by atoms with E-state index in [4.69, 9.17) is 10.1 Å². The van der Waals surface area contributed by atoms with Crippen LogP contribution >= 0.6 is 0 Å². The van der Waals surface area contributed by atoms with Gasteiger partial charge in [-0.05, 0) is 63.1 Å². The molecule has 0 aromatic heterocycles. The van der Waals surface area contributed by atoms with Gasteiger partial charge >= 0.3 is 12.1 Å². The lowest BCUT2D eigenvalue weighted by Crippen LogP contribution is -2.60. The van der Waals surface area contributed by atoms with Gasteiger partial charge in [-0.1, -0.05) is 17.7 Å². The van der Waals surface area contributed by atoms with Gasteiger partial charge in [-0.2, -0.15) is 5.26 Å². The molecule has 2 fully saturated rings. The van der Waals surface area contributed by atoms with Crippen molar-refractivity contribution < 1.29 is 28.0 Å². The minimum atomic E-state index is -3.99. The van der Waals surface area contributed by atoms with Gasteiger partial charge in [0.15, 0.2) is 5.75 Å². The number of hydrogen-bond donors (Lipinski definition) is 2. The number of aryl methyl sites for hydroxylation is 1. The van der Waals surface area contributed by atoms with Crippen LogP contribution in [0.4, 0.5) is 9.59 Å². The number of piperazine rings is 1. The molecule has 0 saturated carbocycles. The average molecular weight is 528 g/mol. The molecule has 196 valence electrons. The first-order valence-corrected chi connectivity index (χ1v) is 13.4. The van der Waals surface area contributed by atoms with Crippen LogP contribution < -0.4 is 9.56 Å². The van der Waals surface area contributed by atoms with Crippen molar-refractivity contribution in [2.24, 2.45) is 0 Å². The maximum Gasteiger partial charge on any atom is 0.441 e. The van der Waals surface area contributed by atoms with E-state index < -0.39 is 28.2 Å². The first kappa shape index (κ1) is 26.2. The number of carbonyl (C=O) groups excluding carboxylic acids is 1. The fraction of sp³-hybridized carbons (Fsp3) is 0.400. The Kier molecular flexibility index (Phi) is 7.56. The van der Waals surface area contributed by atoms with Gasteiger partial charge in [-0.15, -0.1) is 5.06 Å². The number of nitrogens with zero attached hydrogens (tertiary/aromatic N) is 4. The van der Waals surface area contributed by atoms with Crippen molar-refractivity contribution in [3.8, 4) is 11.8 Å². The molecule has 2 aromatic rings. The Morgan fingerprint density at radius 2 is 1.73 bits per heavy atom. The van der Waals surface area contributed by atoms with Gasteiger partial charge in [0.2, 0.25) is 0 Å². The molecule has 0 spiro atoms. The molecule has 3 atom stereocenters. The Balaban J connectivity index is 1.37. The fourth-order valence-electron chi connectivity index (χ4n) is 4.81. The van der Waals surface area contributed by atoms with Crippen LogP contribution in [-0.4, -0.2) is 78.3 Å². The molecule has 2 aliphatic heterocycles. The summed E-state index contributed by atoms with van der Waals surface area (Å²) in [4.78, 5) is 34.0. The van der Waals surface area contributed by atoms with Gasteiger partial charge in [-0.3, -0.25) is 4.90 Å². The Labute approximate surface area is 215 Å². The van der Waals surface area contributed by atoms with E-state index in [0.29, 0.717) is 30.9 Å². The summed E-state index contributed by atoms with van der Waals surface area (Å²) in [5, 5.41) is 19.5. The molecule has 4 rings (SSSR count). The average Bonchev–Trinajstić information content (AvgIpc) is 3.08. The van der Waals surface area contributed by atoms with Crippen LogP contribution in [0.2, 0.25) is 0 Å². The Morgan fingerprint density at radius 1 is 1.14 bits per heavy atom. The number of amides is 3.